The second-order valence-electron chi connectivity index (χ2n) is 23.3. The summed E-state index contributed by atoms with van der Waals surface area (Å²) >= 11 is 0. The zero-order chi connectivity index (χ0) is 56.0. The van der Waals surface area contributed by atoms with Gasteiger partial charge in [0.15, 0.2) is 17.5 Å². The number of alkyl carbamates (subject to hydrolysis) is 1. The Hall–Kier alpha value is -6.54. The van der Waals surface area contributed by atoms with E-state index in [1.807, 2.05) is 0 Å². The molecule has 2 N–H and O–H groups in total. The van der Waals surface area contributed by atoms with Crippen molar-refractivity contribution < 1.29 is 90.8 Å². The first-order valence-corrected chi connectivity index (χ1v) is 24.8. The maximum atomic E-state index is 16.3. The van der Waals surface area contributed by atoms with Gasteiger partial charge >= 0.3 is 42.3 Å². The van der Waals surface area contributed by atoms with Crippen LogP contribution in [0.4, 0.5) is 14.4 Å². The number of Topliss-reactive ketones (excluding diaryl/α,β-unsaturated/α-hetero) is 1. The Morgan fingerprint density at radius 1 is 0.733 bits per heavy atom. The third kappa shape index (κ3) is 12.0. The molecule has 2 saturated carbocycles. The number of carbonyl (C=O) groups is 8. The first-order chi connectivity index (χ1) is 34.5. The quantitative estimate of drug-likeness (QED) is 0.124. The number of rotatable bonds is 11. The number of esters is 4. The van der Waals surface area contributed by atoms with Crippen LogP contribution in [0.25, 0.3) is 0 Å². The molecule has 0 aromatic heterocycles. The minimum atomic E-state index is -2.56. The number of ketones is 1. The fourth-order valence-corrected chi connectivity index (χ4v) is 10.8. The summed E-state index contributed by atoms with van der Waals surface area (Å²) in [6.45, 7) is 22.0. The minimum absolute atomic E-state index is 0.00408. The summed E-state index contributed by atoms with van der Waals surface area (Å²) in [5.41, 5.74) is -11.5. The van der Waals surface area contributed by atoms with E-state index < -0.39 is 149 Å². The first kappa shape index (κ1) is 57.7. The summed E-state index contributed by atoms with van der Waals surface area (Å²) in [6, 6.07) is 14.2. The van der Waals surface area contributed by atoms with Crippen LogP contribution in [-0.2, 0) is 66.5 Å². The molecule has 4 aliphatic rings. The van der Waals surface area contributed by atoms with E-state index in [2.05, 4.69) is 5.32 Å². The normalized spacial score (nSPS) is 28.8. The van der Waals surface area contributed by atoms with E-state index >= 15 is 9.59 Å². The second-order valence-corrected chi connectivity index (χ2v) is 23.3. The van der Waals surface area contributed by atoms with Gasteiger partial charge in [-0.15, -0.1) is 0 Å². The van der Waals surface area contributed by atoms with Gasteiger partial charge in [-0.3, -0.25) is 14.4 Å². The average Bonchev–Trinajstić information content (AvgIpc) is 3.26. The maximum absolute atomic E-state index is 16.3. The average molecular weight is 1050 g/mol. The standard InChI is InChI=1S/C55H71NO19/c1-29-34(68-45(61)40(70-48(64)75-51(10,11)12)38(32-22-18-16-19-23-32)56-46(62)73-49(4,5)6)27-55(65)43(71-44(60)33-24-20-17-21-25-33)41-53(15,42(59)39(67-30(2)57)37(29)52(55,13)14)35(69-47(63)74-50(7,8)9)26-36-54(41,28-66-36)72-31(3)58/h16-25,34-36,38-41,43,65H,26-28H2,1-15H3,(H,56,62)/t34-,35-,36+,38-,39+,40+,41-,43-,53+,54-,55+/m0/s1. The van der Waals surface area contributed by atoms with Gasteiger partial charge in [-0.05, 0) is 105 Å². The Morgan fingerprint density at radius 3 is 1.81 bits per heavy atom. The molecule has 1 heterocycles. The lowest BCUT2D eigenvalue weighted by Gasteiger charge is -2.67. The molecule has 1 aliphatic heterocycles. The molecule has 1 amide bonds. The van der Waals surface area contributed by atoms with Crippen molar-refractivity contribution in [2.75, 3.05) is 6.61 Å². The summed E-state index contributed by atoms with van der Waals surface area (Å²) in [5, 5.41) is 16.8. The molecule has 3 fully saturated rings. The van der Waals surface area contributed by atoms with Crippen LogP contribution >= 0.6 is 0 Å². The van der Waals surface area contributed by atoms with E-state index in [1.54, 1.807) is 111 Å². The molecule has 0 spiro atoms. The highest BCUT2D eigenvalue weighted by molar-refractivity contribution is 5.96. The molecule has 0 radical (unpaired) electrons. The van der Waals surface area contributed by atoms with E-state index in [-0.39, 0.29) is 28.7 Å². The van der Waals surface area contributed by atoms with Crippen molar-refractivity contribution in [2.45, 2.75) is 187 Å². The maximum Gasteiger partial charge on any atom is 0.509 e. The highest BCUT2D eigenvalue weighted by Crippen LogP contribution is 2.65. The SMILES string of the molecule is CC(=O)O[C@H]1C(=O)[C@]2(C)[C@@H](OC(=O)OC(C)(C)C)C[C@H]3OC[C@@]3(OC(C)=O)[C@H]2[C@H](OC(=O)c2ccccc2)[C@]2(O)C[C@H](OC(=O)[C@H](OC(=O)OC(C)(C)C)[C@@H](NC(=O)OC(C)(C)C)c3ccccc3)C(C)=C1C2(C)C. The van der Waals surface area contributed by atoms with Crippen molar-refractivity contribution in [2.24, 2.45) is 16.7 Å². The predicted molar refractivity (Wildman–Crippen MR) is 263 cm³/mol. The number of aliphatic hydroxyl groups is 1. The van der Waals surface area contributed by atoms with Crippen LogP contribution in [0, 0.1) is 16.7 Å². The lowest BCUT2D eigenvalue weighted by molar-refractivity contribution is -0.346. The molecule has 2 aromatic rings. The van der Waals surface area contributed by atoms with Gasteiger partial charge in [0.2, 0.25) is 6.10 Å². The number of nitrogens with one attached hydrogen (secondary N) is 1. The number of hydrogen-bond donors (Lipinski definition) is 2. The van der Waals surface area contributed by atoms with Crippen LogP contribution in [0.15, 0.2) is 71.8 Å². The van der Waals surface area contributed by atoms with Crippen LogP contribution in [-0.4, -0.2) is 124 Å². The molecular formula is C55H71NO19. The smallest absolute Gasteiger partial charge is 0.455 e. The molecule has 2 bridgehead atoms. The summed E-state index contributed by atoms with van der Waals surface area (Å²) in [4.78, 5) is 114. The monoisotopic (exact) mass is 1050 g/mol. The molecule has 0 unspecified atom stereocenters. The molecule has 410 valence electrons. The predicted octanol–water partition coefficient (Wildman–Crippen LogP) is 7.75. The third-order valence-corrected chi connectivity index (χ3v) is 14.0. The Balaban J connectivity index is 1.63. The minimum Gasteiger partial charge on any atom is -0.455 e. The number of carbonyl (C=O) groups excluding carboxylic acids is 8. The molecule has 2 aromatic carbocycles. The van der Waals surface area contributed by atoms with Crippen molar-refractivity contribution in [3.63, 3.8) is 0 Å². The molecular weight excluding hydrogens is 979 g/mol. The van der Waals surface area contributed by atoms with Gasteiger partial charge in [-0.25, -0.2) is 24.0 Å². The first-order valence-electron chi connectivity index (χ1n) is 24.8. The van der Waals surface area contributed by atoms with E-state index in [0.717, 1.165) is 13.8 Å². The molecule has 20 nitrogen and oxygen atoms in total. The molecule has 1 saturated heterocycles. The zero-order valence-corrected chi connectivity index (χ0v) is 45.3. The summed E-state index contributed by atoms with van der Waals surface area (Å²) in [5.74, 6) is -6.78. The van der Waals surface area contributed by atoms with E-state index in [0.29, 0.717) is 0 Å². The number of fused-ring (bicyclic) bond motifs is 5. The fourth-order valence-electron chi connectivity index (χ4n) is 10.8. The van der Waals surface area contributed by atoms with Crippen molar-refractivity contribution >= 4 is 48.1 Å². The van der Waals surface area contributed by atoms with Crippen LogP contribution in [0.1, 0.15) is 139 Å². The second kappa shape index (κ2) is 20.9. The lowest BCUT2D eigenvalue weighted by Crippen LogP contribution is -2.82. The fraction of sp³-hybridized carbons (Fsp3) is 0.600. The van der Waals surface area contributed by atoms with Crippen LogP contribution in [0.2, 0.25) is 0 Å². The highest BCUT2D eigenvalue weighted by atomic mass is 16.8. The molecule has 75 heavy (non-hydrogen) atoms. The molecule has 11 atom stereocenters. The van der Waals surface area contributed by atoms with E-state index in [9.17, 15) is 33.9 Å². The van der Waals surface area contributed by atoms with Gasteiger partial charge in [0.05, 0.1) is 23.5 Å². The van der Waals surface area contributed by atoms with Gasteiger partial charge in [-0.1, -0.05) is 62.4 Å². The van der Waals surface area contributed by atoms with Crippen LogP contribution < -0.4 is 5.32 Å². The Bertz CT molecular complexity index is 2570. The van der Waals surface area contributed by atoms with E-state index in [4.69, 9.17) is 47.4 Å². The number of ether oxygens (including phenoxy) is 10. The lowest BCUT2D eigenvalue weighted by atomic mass is 9.44. The van der Waals surface area contributed by atoms with Gasteiger partial charge < -0.3 is 57.8 Å². The Kier molecular flexibility index (Phi) is 16.1. The number of benzene rings is 2. The van der Waals surface area contributed by atoms with Crippen molar-refractivity contribution in [3.05, 3.63) is 82.9 Å². The van der Waals surface area contributed by atoms with Crippen molar-refractivity contribution in [1.82, 2.24) is 5.32 Å². The Morgan fingerprint density at radius 2 is 1.29 bits per heavy atom. The topological polar surface area (TPSA) is 261 Å². The van der Waals surface area contributed by atoms with Crippen molar-refractivity contribution in [1.29, 1.82) is 0 Å². The summed E-state index contributed by atoms with van der Waals surface area (Å²) in [6.07, 6.45) is -14.9. The zero-order valence-electron chi connectivity index (χ0n) is 45.3. The van der Waals surface area contributed by atoms with E-state index in [1.165, 1.54) is 39.8 Å². The Labute approximate surface area is 436 Å². The largest absolute Gasteiger partial charge is 0.509 e. The number of hydrogen-bond acceptors (Lipinski definition) is 19. The third-order valence-electron chi connectivity index (χ3n) is 14.0. The molecule has 3 aliphatic carbocycles. The molecule has 6 rings (SSSR count). The highest BCUT2D eigenvalue weighted by Gasteiger charge is 2.79. The summed E-state index contributed by atoms with van der Waals surface area (Å²) in [7, 11) is 0. The summed E-state index contributed by atoms with van der Waals surface area (Å²) < 4.78 is 59.7. The van der Waals surface area contributed by atoms with Crippen LogP contribution in [0.5, 0.6) is 0 Å². The van der Waals surface area contributed by atoms with Gasteiger partial charge in [0, 0.05) is 32.1 Å². The van der Waals surface area contributed by atoms with Gasteiger partial charge in [0.1, 0.15) is 52.9 Å². The molecule has 20 heteroatoms. The van der Waals surface area contributed by atoms with Crippen LogP contribution in [0.3, 0.4) is 0 Å². The van der Waals surface area contributed by atoms with Gasteiger partial charge in [-0.2, -0.15) is 0 Å². The number of amides is 1. The van der Waals surface area contributed by atoms with Gasteiger partial charge in [0.25, 0.3) is 0 Å². The van der Waals surface area contributed by atoms with Crippen molar-refractivity contribution in [3.8, 4) is 0 Å².